The summed E-state index contributed by atoms with van der Waals surface area (Å²) in [6, 6.07) is 4.91. The zero-order chi connectivity index (χ0) is 8.97. The highest BCUT2D eigenvalue weighted by Gasteiger charge is 2.00. The summed E-state index contributed by atoms with van der Waals surface area (Å²) in [6.07, 6.45) is 1.70. The monoisotopic (exact) mass is 167 g/mol. The van der Waals surface area contributed by atoms with Gasteiger partial charge in [0.1, 0.15) is 5.82 Å². The van der Waals surface area contributed by atoms with Crippen molar-refractivity contribution in [2.45, 2.75) is 19.8 Å². The maximum absolute atomic E-state index is 12.8. The predicted molar refractivity (Wildman–Crippen MR) is 48.5 cm³/mol. The van der Waals surface area contributed by atoms with E-state index < -0.39 is 0 Å². The van der Waals surface area contributed by atoms with Crippen LogP contribution in [0.2, 0.25) is 0 Å². The zero-order valence-corrected chi connectivity index (χ0v) is 7.31. The molecule has 0 unspecified atom stereocenters. The summed E-state index contributed by atoms with van der Waals surface area (Å²) < 4.78 is 12.8. The van der Waals surface area contributed by atoms with Gasteiger partial charge in [0, 0.05) is 0 Å². The highest BCUT2D eigenvalue weighted by molar-refractivity contribution is 5.28. The number of rotatable bonds is 3. The molecule has 1 nitrogen and oxygen atoms in total. The molecule has 2 heteroatoms. The number of aryl methyl sites for hydroxylation is 1. The molecule has 0 spiro atoms. The van der Waals surface area contributed by atoms with Crippen LogP contribution in [-0.2, 0) is 12.8 Å². The van der Waals surface area contributed by atoms with Gasteiger partial charge in [-0.3, -0.25) is 0 Å². The van der Waals surface area contributed by atoms with Crippen molar-refractivity contribution in [3.63, 3.8) is 0 Å². The Bertz CT molecular complexity index is 258. The van der Waals surface area contributed by atoms with Gasteiger partial charge in [-0.05, 0) is 42.6 Å². The first-order valence-corrected chi connectivity index (χ1v) is 4.25. The summed E-state index contributed by atoms with van der Waals surface area (Å²) in [4.78, 5) is 0. The molecule has 0 aliphatic carbocycles. The predicted octanol–water partition coefficient (Wildman–Crippen LogP) is 1.89. The fraction of sp³-hybridized carbons (Fsp3) is 0.400. The van der Waals surface area contributed by atoms with Crippen LogP contribution in [0.1, 0.15) is 18.1 Å². The van der Waals surface area contributed by atoms with Crippen molar-refractivity contribution in [2.24, 2.45) is 5.73 Å². The Hall–Kier alpha value is -0.890. The van der Waals surface area contributed by atoms with E-state index >= 15 is 0 Å². The maximum Gasteiger partial charge on any atom is 0.123 e. The minimum atomic E-state index is -0.171. The van der Waals surface area contributed by atoms with Crippen LogP contribution in [0.25, 0.3) is 0 Å². The number of nitrogens with two attached hydrogens (primary N) is 1. The first kappa shape index (κ1) is 9.20. The molecule has 0 heterocycles. The van der Waals surface area contributed by atoms with Gasteiger partial charge < -0.3 is 5.73 Å². The topological polar surface area (TPSA) is 26.0 Å². The van der Waals surface area contributed by atoms with Gasteiger partial charge in [0.25, 0.3) is 0 Å². The molecule has 1 rings (SSSR count). The van der Waals surface area contributed by atoms with E-state index in [9.17, 15) is 4.39 Å². The average Bonchev–Trinajstić information content (AvgIpc) is 2.05. The molecule has 0 saturated heterocycles. The number of hydrogen-bond acceptors (Lipinski definition) is 1. The largest absolute Gasteiger partial charge is 0.330 e. The molecule has 12 heavy (non-hydrogen) atoms. The third kappa shape index (κ3) is 2.05. The van der Waals surface area contributed by atoms with Crippen molar-refractivity contribution in [1.29, 1.82) is 0 Å². The van der Waals surface area contributed by atoms with Crippen molar-refractivity contribution in [1.82, 2.24) is 0 Å². The van der Waals surface area contributed by atoms with Gasteiger partial charge >= 0.3 is 0 Å². The summed E-state index contributed by atoms with van der Waals surface area (Å²) in [5.74, 6) is -0.171. The van der Waals surface area contributed by atoms with Gasteiger partial charge in [-0.1, -0.05) is 13.0 Å². The van der Waals surface area contributed by atoms with E-state index in [2.05, 4.69) is 6.92 Å². The summed E-state index contributed by atoms with van der Waals surface area (Å²) in [5, 5.41) is 0. The minimum absolute atomic E-state index is 0.171. The lowest BCUT2D eigenvalue weighted by Crippen LogP contribution is -2.05. The molecule has 0 radical (unpaired) electrons. The molecule has 66 valence electrons. The van der Waals surface area contributed by atoms with Crippen LogP contribution in [0.3, 0.4) is 0 Å². The van der Waals surface area contributed by atoms with Crippen molar-refractivity contribution in [3.8, 4) is 0 Å². The summed E-state index contributed by atoms with van der Waals surface area (Å²) in [6.45, 7) is 2.64. The van der Waals surface area contributed by atoms with Gasteiger partial charge in [-0.15, -0.1) is 0 Å². The van der Waals surface area contributed by atoms with E-state index in [0.29, 0.717) is 6.54 Å². The lowest BCUT2D eigenvalue weighted by molar-refractivity contribution is 0.624. The fourth-order valence-corrected chi connectivity index (χ4v) is 1.33. The number of benzene rings is 1. The summed E-state index contributed by atoms with van der Waals surface area (Å²) in [5.41, 5.74) is 7.65. The van der Waals surface area contributed by atoms with E-state index in [0.717, 1.165) is 18.4 Å². The maximum atomic E-state index is 12.8. The lowest BCUT2D eigenvalue weighted by Gasteiger charge is -2.05. The minimum Gasteiger partial charge on any atom is -0.330 e. The van der Waals surface area contributed by atoms with Crippen LogP contribution >= 0.6 is 0 Å². The first-order chi connectivity index (χ1) is 5.77. The van der Waals surface area contributed by atoms with Crippen LogP contribution in [0, 0.1) is 5.82 Å². The Morgan fingerprint density at radius 2 is 2.08 bits per heavy atom. The number of halogens is 1. The first-order valence-electron chi connectivity index (χ1n) is 4.25. The second-order valence-corrected chi connectivity index (χ2v) is 2.81. The highest BCUT2D eigenvalue weighted by Crippen LogP contribution is 2.12. The van der Waals surface area contributed by atoms with Crippen LogP contribution < -0.4 is 5.73 Å². The second-order valence-electron chi connectivity index (χ2n) is 2.81. The molecule has 0 saturated carbocycles. The average molecular weight is 167 g/mol. The molecule has 0 aliphatic heterocycles. The smallest absolute Gasteiger partial charge is 0.123 e. The molecule has 0 atom stereocenters. The van der Waals surface area contributed by atoms with Crippen LogP contribution in [0.5, 0.6) is 0 Å². The standard InChI is InChI=1S/C10H14FN/c1-2-8-3-4-10(11)7-9(8)5-6-12/h3-4,7H,2,5-6,12H2,1H3. The van der Waals surface area contributed by atoms with Crippen molar-refractivity contribution in [3.05, 3.63) is 35.1 Å². The molecule has 0 aromatic heterocycles. The van der Waals surface area contributed by atoms with Gasteiger partial charge in [-0.2, -0.15) is 0 Å². The molecule has 1 aromatic rings. The van der Waals surface area contributed by atoms with Crippen LogP contribution in [-0.4, -0.2) is 6.54 Å². The molecule has 2 N–H and O–H groups in total. The molecular weight excluding hydrogens is 153 g/mol. The summed E-state index contributed by atoms with van der Waals surface area (Å²) >= 11 is 0. The van der Waals surface area contributed by atoms with Crippen LogP contribution in [0.4, 0.5) is 4.39 Å². The van der Waals surface area contributed by atoms with E-state index in [4.69, 9.17) is 5.73 Å². The number of hydrogen-bond donors (Lipinski definition) is 1. The normalized spacial score (nSPS) is 10.2. The highest BCUT2D eigenvalue weighted by atomic mass is 19.1. The third-order valence-electron chi connectivity index (χ3n) is 1.96. The van der Waals surface area contributed by atoms with E-state index in [-0.39, 0.29) is 5.82 Å². The van der Waals surface area contributed by atoms with E-state index in [1.54, 1.807) is 6.07 Å². The van der Waals surface area contributed by atoms with Gasteiger partial charge in [-0.25, -0.2) is 4.39 Å². The van der Waals surface area contributed by atoms with Crippen molar-refractivity contribution in [2.75, 3.05) is 6.54 Å². The van der Waals surface area contributed by atoms with Gasteiger partial charge in [0.2, 0.25) is 0 Å². The van der Waals surface area contributed by atoms with E-state index in [1.807, 2.05) is 6.07 Å². The SMILES string of the molecule is CCc1ccc(F)cc1CCN. The summed E-state index contributed by atoms with van der Waals surface area (Å²) in [7, 11) is 0. The molecule has 0 amide bonds. The molecule has 0 bridgehead atoms. The molecule has 0 aliphatic rings. The van der Waals surface area contributed by atoms with Crippen molar-refractivity contribution >= 4 is 0 Å². The quantitative estimate of drug-likeness (QED) is 0.731. The Balaban J connectivity index is 2.95. The Kier molecular flexibility index (Phi) is 3.23. The van der Waals surface area contributed by atoms with Crippen LogP contribution in [0.15, 0.2) is 18.2 Å². The zero-order valence-electron chi connectivity index (χ0n) is 7.31. The third-order valence-corrected chi connectivity index (χ3v) is 1.96. The fourth-order valence-electron chi connectivity index (χ4n) is 1.33. The van der Waals surface area contributed by atoms with E-state index in [1.165, 1.54) is 11.6 Å². The Labute approximate surface area is 72.4 Å². The van der Waals surface area contributed by atoms with Crippen molar-refractivity contribution < 1.29 is 4.39 Å². The molecule has 1 aromatic carbocycles. The van der Waals surface area contributed by atoms with Gasteiger partial charge in [0.15, 0.2) is 0 Å². The Morgan fingerprint density at radius 3 is 2.67 bits per heavy atom. The van der Waals surface area contributed by atoms with Gasteiger partial charge in [0.05, 0.1) is 0 Å². The molecular formula is C10H14FN. The second kappa shape index (κ2) is 4.21. The Morgan fingerprint density at radius 1 is 1.33 bits per heavy atom. The lowest BCUT2D eigenvalue weighted by atomic mass is 10.0. The molecule has 0 fully saturated rings.